The van der Waals surface area contributed by atoms with Gasteiger partial charge in [0.15, 0.2) is 0 Å². The van der Waals surface area contributed by atoms with Gasteiger partial charge in [-0.1, -0.05) is 11.6 Å². The summed E-state index contributed by atoms with van der Waals surface area (Å²) < 4.78 is 5.99. The van der Waals surface area contributed by atoms with Gasteiger partial charge < -0.3 is 10.1 Å². The molecule has 0 aliphatic rings. The van der Waals surface area contributed by atoms with Gasteiger partial charge in [-0.3, -0.25) is 4.79 Å². The van der Waals surface area contributed by atoms with E-state index in [0.717, 1.165) is 10.2 Å². The summed E-state index contributed by atoms with van der Waals surface area (Å²) in [4.78, 5) is 11.5. The van der Waals surface area contributed by atoms with E-state index in [0.29, 0.717) is 5.02 Å². The van der Waals surface area contributed by atoms with Crippen LogP contribution in [0.25, 0.3) is 0 Å². The third-order valence-electron chi connectivity index (χ3n) is 1.77. The highest BCUT2D eigenvalue weighted by Crippen LogP contribution is 2.25. The van der Waals surface area contributed by atoms with Crippen molar-refractivity contribution in [1.82, 2.24) is 0 Å². The van der Waals surface area contributed by atoms with E-state index >= 15 is 0 Å². The molecule has 94 valence electrons. The number of halogens is 2. The van der Waals surface area contributed by atoms with E-state index in [4.69, 9.17) is 16.3 Å². The van der Waals surface area contributed by atoms with E-state index in [9.17, 15) is 4.79 Å². The molecule has 3 nitrogen and oxygen atoms in total. The van der Waals surface area contributed by atoms with Crippen molar-refractivity contribution < 1.29 is 9.53 Å². The molecule has 5 heteroatoms. The van der Waals surface area contributed by atoms with E-state index in [1.807, 2.05) is 20.8 Å². The molecule has 1 aromatic rings. The van der Waals surface area contributed by atoms with Crippen LogP contribution in [0.2, 0.25) is 5.02 Å². The van der Waals surface area contributed by atoms with Gasteiger partial charge in [-0.2, -0.15) is 0 Å². The summed E-state index contributed by atoms with van der Waals surface area (Å²) in [6.07, 6.45) is 0. The normalized spacial score (nSPS) is 11.1. The molecule has 0 atom stereocenters. The second-order valence-corrected chi connectivity index (χ2v) is 5.85. The van der Waals surface area contributed by atoms with Crippen molar-refractivity contribution >= 4 is 39.2 Å². The van der Waals surface area contributed by atoms with Crippen LogP contribution < -0.4 is 5.32 Å². The predicted octanol–water partition coefficient (Wildman–Crippen LogP) is 3.86. The lowest BCUT2D eigenvalue weighted by Crippen LogP contribution is -2.28. The van der Waals surface area contributed by atoms with E-state index < -0.39 is 5.60 Å². The number of ether oxygens (including phenoxy) is 1. The molecule has 0 amide bonds. The van der Waals surface area contributed by atoms with Gasteiger partial charge in [0, 0.05) is 15.2 Å². The lowest BCUT2D eigenvalue weighted by Gasteiger charge is -2.19. The minimum absolute atomic E-state index is 0.123. The second-order valence-electron chi connectivity index (χ2n) is 4.56. The Morgan fingerprint density at radius 2 is 2.12 bits per heavy atom. The number of carbonyl (C=O) groups is 1. The number of nitrogens with one attached hydrogen (secondary N) is 1. The molecule has 0 spiro atoms. The molecule has 0 heterocycles. The van der Waals surface area contributed by atoms with Crippen molar-refractivity contribution in [3.63, 3.8) is 0 Å². The Bertz CT molecular complexity index is 415. The summed E-state index contributed by atoms with van der Waals surface area (Å²) in [5.41, 5.74) is 0.343. The van der Waals surface area contributed by atoms with Crippen LogP contribution in [-0.4, -0.2) is 18.1 Å². The summed E-state index contributed by atoms with van der Waals surface area (Å²) in [5.74, 6) is -0.292. The van der Waals surface area contributed by atoms with E-state index in [2.05, 4.69) is 21.2 Å². The standard InChI is InChI=1S/C12H15BrClNO2/c1-12(2,3)17-11(16)7-15-10-5-4-8(14)6-9(10)13/h4-6,15H,7H2,1-3H3. The van der Waals surface area contributed by atoms with Gasteiger partial charge in [0.05, 0.1) is 0 Å². The number of rotatable bonds is 3. The number of esters is 1. The molecule has 1 aromatic carbocycles. The smallest absolute Gasteiger partial charge is 0.325 e. The summed E-state index contributed by atoms with van der Waals surface area (Å²) in [6.45, 7) is 5.63. The van der Waals surface area contributed by atoms with Crippen LogP contribution in [0.5, 0.6) is 0 Å². The second kappa shape index (κ2) is 5.74. The van der Waals surface area contributed by atoms with Crippen LogP contribution in [0.3, 0.4) is 0 Å². The summed E-state index contributed by atoms with van der Waals surface area (Å²) in [7, 11) is 0. The molecule has 17 heavy (non-hydrogen) atoms. The third-order valence-corrected chi connectivity index (χ3v) is 2.67. The summed E-state index contributed by atoms with van der Waals surface area (Å²) in [5, 5.41) is 3.62. The van der Waals surface area contributed by atoms with Gasteiger partial charge in [0.25, 0.3) is 0 Å². The molecule has 0 saturated heterocycles. The highest BCUT2D eigenvalue weighted by Gasteiger charge is 2.16. The first-order chi connectivity index (χ1) is 7.78. The fraction of sp³-hybridized carbons (Fsp3) is 0.417. The van der Waals surface area contributed by atoms with Crippen LogP contribution in [0, 0.1) is 0 Å². The third kappa shape index (κ3) is 5.41. The molecule has 0 aliphatic heterocycles. The largest absolute Gasteiger partial charge is 0.459 e. The molecular weight excluding hydrogens is 305 g/mol. The maximum Gasteiger partial charge on any atom is 0.325 e. The number of hydrogen-bond acceptors (Lipinski definition) is 3. The fourth-order valence-corrected chi connectivity index (χ4v) is 2.00. The average Bonchev–Trinajstić information content (AvgIpc) is 2.13. The Hall–Kier alpha value is -0.740. The van der Waals surface area contributed by atoms with E-state index in [1.54, 1.807) is 18.2 Å². The van der Waals surface area contributed by atoms with Gasteiger partial charge in [-0.25, -0.2) is 0 Å². The Kier molecular flexibility index (Phi) is 4.83. The van der Waals surface area contributed by atoms with Crippen molar-refractivity contribution in [3.05, 3.63) is 27.7 Å². The zero-order valence-electron chi connectivity index (χ0n) is 10.0. The minimum Gasteiger partial charge on any atom is -0.459 e. The van der Waals surface area contributed by atoms with Crippen LogP contribution in [0.15, 0.2) is 22.7 Å². The monoisotopic (exact) mass is 319 g/mol. The Labute approximate surface area is 115 Å². The number of carbonyl (C=O) groups excluding carboxylic acids is 1. The molecule has 0 radical (unpaired) electrons. The van der Waals surface area contributed by atoms with Crippen LogP contribution in [0.4, 0.5) is 5.69 Å². The topological polar surface area (TPSA) is 38.3 Å². The summed E-state index contributed by atoms with van der Waals surface area (Å²) in [6, 6.07) is 5.32. The average molecular weight is 321 g/mol. The maximum absolute atomic E-state index is 11.5. The number of benzene rings is 1. The van der Waals surface area contributed by atoms with E-state index in [-0.39, 0.29) is 12.5 Å². The first-order valence-corrected chi connectivity index (χ1v) is 6.36. The molecule has 1 N–H and O–H groups in total. The van der Waals surface area contributed by atoms with Crippen LogP contribution in [-0.2, 0) is 9.53 Å². The highest BCUT2D eigenvalue weighted by atomic mass is 79.9. The van der Waals surface area contributed by atoms with Crippen molar-refractivity contribution in [2.24, 2.45) is 0 Å². The van der Waals surface area contributed by atoms with Crippen LogP contribution in [0.1, 0.15) is 20.8 Å². The van der Waals surface area contributed by atoms with Crippen molar-refractivity contribution in [2.45, 2.75) is 26.4 Å². The first-order valence-electron chi connectivity index (χ1n) is 5.19. The highest BCUT2D eigenvalue weighted by molar-refractivity contribution is 9.10. The summed E-state index contributed by atoms with van der Waals surface area (Å²) >= 11 is 9.18. The zero-order chi connectivity index (χ0) is 13.1. The molecule has 0 aliphatic carbocycles. The molecule has 0 aromatic heterocycles. The number of anilines is 1. The molecule has 0 fully saturated rings. The van der Waals surface area contributed by atoms with E-state index in [1.165, 1.54) is 0 Å². The fourth-order valence-electron chi connectivity index (χ4n) is 1.18. The van der Waals surface area contributed by atoms with Crippen LogP contribution >= 0.6 is 27.5 Å². The molecular formula is C12H15BrClNO2. The first kappa shape index (κ1) is 14.3. The predicted molar refractivity (Wildman–Crippen MR) is 73.5 cm³/mol. The molecule has 0 unspecified atom stereocenters. The van der Waals surface area contributed by atoms with Gasteiger partial charge in [-0.15, -0.1) is 0 Å². The number of hydrogen-bond donors (Lipinski definition) is 1. The Morgan fingerprint density at radius 3 is 2.65 bits per heavy atom. The quantitative estimate of drug-likeness (QED) is 0.860. The van der Waals surface area contributed by atoms with Gasteiger partial charge in [0.2, 0.25) is 0 Å². The molecule has 0 bridgehead atoms. The van der Waals surface area contributed by atoms with Crippen molar-refractivity contribution in [2.75, 3.05) is 11.9 Å². The molecule has 0 saturated carbocycles. The zero-order valence-corrected chi connectivity index (χ0v) is 12.4. The maximum atomic E-state index is 11.5. The van der Waals surface area contributed by atoms with Gasteiger partial charge in [0.1, 0.15) is 12.1 Å². The van der Waals surface area contributed by atoms with Gasteiger partial charge in [-0.05, 0) is 54.9 Å². The van der Waals surface area contributed by atoms with Crippen molar-refractivity contribution in [1.29, 1.82) is 0 Å². The minimum atomic E-state index is -0.462. The SMILES string of the molecule is CC(C)(C)OC(=O)CNc1ccc(Cl)cc1Br. The Balaban J connectivity index is 2.53. The van der Waals surface area contributed by atoms with Gasteiger partial charge >= 0.3 is 5.97 Å². The van der Waals surface area contributed by atoms with Crippen molar-refractivity contribution in [3.8, 4) is 0 Å². The molecule has 1 rings (SSSR count). The lowest BCUT2D eigenvalue weighted by atomic mass is 10.2. The Morgan fingerprint density at radius 1 is 1.47 bits per heavy atom. The lowest BCUT2D eigenvalue weighted by molar-refractivity contribution is -0.152.